The van der Waals surface area contributed by atoms with E-state index in [0.29, 0.717) is 32.1 Å². The van der Waals surface area contributed by atoms with E-state index in [0.717, 1.165) is 19.3 Å². The summed E-state index contributed by atoms with van der Waals surface area (Å²) in [7, 11) is 0. The highest BCUT2D eigenvalue weighted by atomic mass is 16.8. The summed E-state index contributed by atoms with van der Waals surface area (Å²) in [5.41, 5.74) is -1.64. The molecule has 0 unspecified atom stereocenters. The quantitative estimate of drug-likeness (QED) is 0.0971. The van der Waals surface area contributed by atoms with E-state index in [1.54, 1.807) is 0 Å². The number of carbonyl (C=O) groups is 1. The van der Waals surface area contributed by atoms with Crippen molar-refractivity contribution in [2.45, 2.75) is 204 Å². The zero-order chi connectivity index (χ0) is 49.1. The van der Waals surface area contributed by atoms with Crippen molar-refractivity contribution in [3.8, 4) is 0 Å². The Morgan fingerprint density at radius 2 is 1.34 bits per heavy atom. The maximum absolute atomic E-state index is 15.0. The first-order valence-corrected chi connectivity index (χ1v) is 24.5. The predicted molar refractivity (Wildman–Crippen MR) is 231 cm³/mol. The molecule has 0 aromatic rings. The summed E-state index contributed by atoms with van der Waals surface area (Å²) in [5.74, 6) is -0.386. The molecule has 0 radical (unpaired) electrons. The van der Waals surface area contributed by atoms with Gasteiger partial charge in [-0.15, -0.1) is 0 Å². The average molecular weight is 959 g/mol. The van der Waals surface area contributed by atoms with Gasteiger partial charge in [0, 0.05) is 5.41 Å². The van der Waals surface area contributed by atoms with Crippen LogP contribution >= 0.6 is 0 Å². The van der Waals surface area contributed by atoms with Crippen molar-refractivity contribution in [1.82, 2.24) is 0 Å². The van der Waals surface area contributed by atoms with Crippen LogP contribution < -0.4 is 0 Å². The molecule has 3 aliphatic heterocycles. The molecular formula is C48H78O19. The van der Waals surface area contributed by atoms with Gasteiger partial charge in [0.1, 0.15) is 67.1 Å². The second kappa shape index (κ2) is 18.5. The third-order valence-corrected chi connectivity index (χ3v) is 19.7. The number of hydrogen-bond acceptors (Lipinski definition) is 19. The van der Waals surface area contributed by atoms with E-state index in [1.165, 1.54) is 12.5 Å². The van der Waals surface area contributed by atoms with Gasteiger partial charge < -0.3 is 89.7 Å². The van der Waals surface area contributed by atoms with Gasteiger partial charge in [0.2, 0.25) is 6.29 Å². The highest BCUT2D eigenvalue weighted by molar-refractivity contribution is 5.79. The Bertz CT molecular complexity index is 1820. The number of ether oxygens (including phenoxy) is 6. The maximum Gasteiger partial charge on any atom is 0.315 e. The normalized spacial score (nSPS) is 56.7. The van der Waals surface area contributed by atoms with Crippen molar-refractivity contribution in [2.75, 3.05) is 19.8 Å². The SMILES string of the molecule is C[C@@H]1[C@@H](C)CC[C@@]2(C(=O)O[C@@H]3O[C@@H](CO[C@@H]4O[C@@H](CO)[C@H](O[C@@H]5O[C@@H](C)[C@H](O)[C@@H](O)[C@@H]5O)[C@@H](O)[C@H]4O)[C@H](O)[C@@H](O)[C@H]3O)CC[C@@]3(C)C(=CC[C@H]4[C@@]5(C)C[C@@H](O)[C@H](O)[C@@](C)(CO)[C@H]5CC[C@]43C)[C@@H]12. The molecule has 3 saturated heterocycles. The van der Waals surface area contributed by atoms with Gasteiger partial charge >= 0.3 is 5.97 Å². The fourth-order valence-corrected chi connectivity index (χ4v) is 15.2. The number of hydrogen-bond donors (Lipinski definition) is 12. The number of aliphatic hydroxyl groups excluding tert-OH is 12. The zero-order valence-corrected chi connectivity index (χ0v) is 39.8. The number of allylic oxidation sites excluding steroid dienone is 2. The summed E-state index contributed by atoms with van der Waals surface area (Å²) in [6, 6.07) is 0. The molecule has 8 aliphatic rings. The Morgan fingerprint density at radius 3 is 2.01 bits per heavy atom. The van der Waals surface area contributed by atoms with E-state index in [2.05, 4.69) is 40.7 Å². The maximum atomic E-state index is 15.0. The topological polar surface area (TPSA) is 315 Å². The lowest BCUT2D eigenvalue weighted by Gasteiger charge is -2.71. The molecule has 0 aromatic heterocycles. The minimum atomic E-state index is -1.86. The van der Waals surface area contributed by atoms with Gasteiger partial charge in [0.25, 0.3) is 0 Å². The van der Waals surface area contributed by atoms with Crippen LogP contribution in [-0.4, -0.2) is 191 Å². The minimum absolute atomic E-state index is 0.0112. The first-order valence-electron chi connectivity index (χ1n) is 24.5. The summed E-state index contributed by atoms with van der Waals surface area (Å²) in [6.07, 6.45) is -18.9. The van der Waals surface area contributed by atoms with E-state index in [9.17, 15) is 61.3 Å². The highest BCUT2D eigenvalue weighted by Gasteiger charge is 2.71. The minimum Gasteiger partial charge on any atom is -0.432 e. The second-order valence-corrected chi connectivity index (χ2v) is 22.9. The third-order valence-electron chi connectivity index (χ3n) is 19.7. The molecule has 67 heavy (non-hydrogen) atoms. The fraction of sp³-hybridized carbons (Fsp3) is 0.938. The molecule has 0 aromatic carbocycles. The Kier molecular flexibility index (Phi) is 14.4. The summed E-state index contributed by atoms with van der Waals surface area (Å²) in [6.45, 7) is 13.0. The lowest BCUT2D eigenvalue weighted by atomic mass is 9.33. The Labute approximate surface area is 392 Å². The lowest BCUT2D eigenvalue weighted by Crippen LogP contribution is -2.68. The Morgan fingerprint density at radius 1 is 0.701 bits per heavy atom. The van der Waals surface area contributed by atoms with Crippen LogP contribution in [0.4, 0.5) is 0 Å². The van der Waals surface area contributed by atoms with Crippen molar-refractivity contribution in [3.05, 3.63) is 11.6 Å². The van der Waals surface area contributed by atoms with Crippen molar-refractivity contribution >= 4 is 5.97 Å². The van der Waals surface area contributed by atoms with Gasteiger partial charge in [-0.05, 0) is 104 Å². The van der Waals surface area contributed by atoms with E-state index >= 15 is 4.79 Å². The number of aliphatic hydroxyl groups is 12. The van der Waals surface area contributed by atoms with Gasteiger partial charge in [0.05, 0.1) is 43.5 Å². The molecule has 27 atom stereocenters. The van der Waals surface area contributed by atoms with Crippen LogP contribution in [0.2, 0.25) is 0 Å². The Balaban J connectivity index is 0.985. The molecule has 384 valence electrons. The van der Waals surface area contributed by atoms with E-state index in [1.807, 2.05) is 6.92 Å². The van der Waals surface area contributed by atoms with Crippen LogP contribution in [0.15, 0.2) is 11.6 Å². The molecular weight excluding hydrogens is 881 g/mol. The number of fused-ring (bicyclic) bond motifs is 7. The monoisotopic (exact) mass is 959 g/mol. The van der Waals surface area contributed by atoms with Gasteiger partial charge in [-0.1, -0.05) is 53.2 Å². The number of esters is 1. The van der Waals surface area contributed by atoms with Crippen molar-refractivity contribution < 1.29 is 94.5 Å². The first-order chi connectivity index (χ1) is 31.4. The van der Waals surface area contributed by atoms with Crippen molar-refractivity contribution in [1.29, 1.82) is 0 Å². The van der Waals surface area contributed by atoms with Crippen LogP contribution in [0.5, 0.6) is 0 Å². The second-order valence-electron chi connectivity index (χ2n) is 22.9. The summed E-state index contributed by atoms with van der Waals surface area (Å²) in [4.78, 5) is 15.0. The molecule has 5 aliphatic carbocycles. The van der Waals surface area contributed by atoms with Crippen molar-refractivity contribution in [2.24, 2.45) is 56.7 Å². The van der Waals surface area contributed by atoms with Gasteiger partial charge in [-0.2, -0.15) is 0 Å². The zero-order valence-electron chi connectivity index (χ0n) is 39.8. The molecule has 3 heterocycles. The molecule has 0 bridgehead atoms. The molecule has 19 nitrogen and oxygen atoms in total. The lowest BCUT2D eigenvalue weighted by molar-refractivity contribution is -0.361. The van der Waals surface area contributed by atoms with Gasteiger partial charge in [-0.25, -0.2) is 0 Å². The summed E-state index contributed by atoms with van der Waals surface area (Å²) >= 11 is 0. The molecule has 8 rings (SSSR count). The molecule has 0 spiro atoms. The van der Waals surface area contributed by atoms with Crippen LogP contribution in [0.1, 0.15) is 99.8 Å². The molecule has 4 saturated carbocycles. The third kappa shape index (κ3) is 7.92. The smallest absolute Gasteiger partial charge is 0.315 e. The van der Waals surface area contributed by atoms with Crippen LogP contribution in [0.3, 0.4) is 0 Å². The van der Waals surface area contributed by atoms with E-state index < -0.39 is 134 Å². The molecule has 12 N–H and O–H groups in total. The largest absolute Gasteiger partial charge is 0.432 e. The fourth-order valence-electron chi connectivity index (χ4n) is 15.2. The number of rotatable bonds is 9. The summed E-state index contributed by atoms with van der Waals surface area (Å²) in [5, 5.41) is 130. The van der Waals surface area contributed by atoms with Gasteiger partial charge in [-0.3, -0.25) is 4.79 Å². The standard InChI is InChI=1S/C48H78O19/c1-20-10-13-48(15-14-46(6)23(29(48)21(20)2)8-9-28-44(4)16-24(51)39(60)45(5,19-50)27(44)11-12-47(28,46)7)43(61)67-42-36(58)33(55)31(53)26(65-42)18-62-40-37(59)34(56)38(25(17-49)64-40)66-41-35(57)32(54)30(52)22(3)63-41/h8,20-22,24-42,49-60H,9-19H2,1-7H3/t20-,21+,22-,24+,25-,26-,27-,28-,29+,30-,31-,32+,33+,34-,35-,36+,37+,38-,39-,40+,41-,42-,44-,45-,46-,47+,48+/m0/s1. The van der Waals surface area contributed by atoms with Crippen LogP contribution in [0, 0.1) is 56.7 Å². The summed E-state index contributed by atoms with van der Waals surface area (Å²) < 4.78 is 34.7. The number of carbonyl (C=O) groups excluding carboxylic acids is 1. The Hall–Kier alpha value is -1.47. The van der Waals surface area contributed by atoms with Crippen LogP contribution in [0.25, 0.3) is 0 Å². The first kappa shape index (κ1) is 51.9. The van der Waals surface area contributed by atoms with E-state index in [-0.39, 0.29) is 52.4 Å². The molecule has 7 fully saturated rings. The molecule has 0 amide bonds. The highest BCUT2D eigenvalue weighted by Crippen LogP contribution is 2.76. The van der Waals surface area contributed by atoms with E-state index in [4.69, 9.17) is 28.4 Å². The average Bonchev–Trinajstić information content (AvgIpc) is 3.29. The molecule has 19 heteroatoms. The van der Waals surface area contributed by atoms with Gasteiger partial charge in [0.15, 0.2) is 12.6 Å². The van der Waals surface area contributed by atoms with Crippen molar-refractivity contribution in [3.63, 3.8) is 0 Å². The van der Waals surface area contributed by atoms with Crippen LogP contribution in [-0.2, 0) is 33.2 Å². The predicted octanol–water partition coefficient (Wildman–Crippen LogP) is -1.03.